The van der Waals surface area contributed by atoms with Gasteiger partial charge in [0.25, 0.3) is 0 Å². The van der Waals surface area contributed by atoms with Gasteiger partial charge in [0.1, 0.15) is 6.10 Å². The zero-order chi connectivity index (χ0) is 18.8. The first kappa shape index (κ1) is 19.4. The van der Waals surface area contributed by atoms with E-state index in [0.717, 1.165) is 12.8 Å². The summed E-state index contributed by atoms with van der Waals surface area (Å²) in [5.41, 5.74) is 5.29. The molecule has 10 heteroatoms. The highest BCUT2D eigenvalue weighted by molar-refractivity contribution is 6.04. The number of hydrogen-bond acceptors (Lipinski definition) is 7. The number of urea groups is 1. The topological polar surface area (TPSA) is 131 Å². The molecule has 5 atom stereocenters. The zero-order valence-corrected chi connectivity index (χ0v) is 14.1. The Bertz CT molecular complexity index is 610. The lowest BCUT2D eigenvalue weighted by atomic mass is 10.1. The molecule has 9 nitrogen and oxygen atoms in total. The molecule has 0 saturated carbocycles. The number of ether oxygens (including phenoxy) is 2. The second-order valence-corrected chi connectivity index (χ2v) is 6.07. The summed E-state index contributed by atoms with van der Waals surface area (Å²) in [5, 5.41) is 20.1. The number of nitrogens with zero attached hydrogens (tertiary/aromatic N) is 2. The highest BCUT2D eigenvalue weighted by atomic mass is 19.1. The minimum absolute atomic E-state index is 0.00946. The van der Waals surface area contributed by atoms with Crippen LogP contribution in [0, 0.1) is 0 Å². The summed E-state index contributed by atoms with van der Waals surface area (Å²) >= 11 is 0. The molecule has 2 rings (SSSR count). The molecule has 2 aliphatic rings. The minimum Gasteiger partial charge on any atom is -0.419 e. The van der Waals surface area contributed by atoms with Crippen LogP contribution in [-0.2, 0) is 9.47 Å². The number of quaternary nitrogens is 1. The van der Waals surface area contributed by atoms with Gasteiger partial charge in [-0.25, -0.2) is 4.79 Å². The fraction of sp³-hybridized carbons (Fsp3) is 0.667. The van der Waals surface area contributed by atoms with Gasteiger partial charge < -0.3 is 25.4 Å². The summed E-state index contributed by atoms with van der Waals surface area (Å²) in [4.78, 5) is 28.4. The standard InChI is InChI=1S/C15H22FN3O6/c1-3-4-5-6-24-15(23)19(7-9(16)12(17)18-14(19)22)13-11(21)10(20)8(2)25-13/h7-8,10-11,13,20-21H,3-6H2,1-2H3,(H-,17,18,22)/p+1/t8-,10-,11-,13-,19?/m1/s1. The van der Waals surface area contributed by atoms with Crippen LogP contribution in [0.5, 0.6) is 0 Å². The predicted molar refractivity (Wildman–Crippen MR) is 83.7 cm³/mol. The predicted octanol–water partition coefficient (Wildman–Crippen LogP) is 0.898. The number of amidine groups is 1. The molecule has 0 radical (unpaired) electrons. The molecule has 1 fully saturated rings. The number of rotatable bonds is 5. The van der Waals surface area contributed by atoms with Crippen LogP contribution >= 0.6 is 0 Å². The van der Waals surface area contributed by atoms with Crippen LogP contribution in [0.2, 0.25) is 0 Å². The molecule has 0 bridgehead atoms. The molecule has 0 aromatic heterocycles. The molecule has 4 N–H and O–H groups in total. The molecule has 0 spiro atoms. The molecule has 2 aliphatic heterocycles. The Morgan fingerprint density at radius 1 is 1.44 bits per heavy atom. The number of carbonyl (C=O) groups is 2. The van der Waals surface area contributed by atoms with Gasteiger partial charge >= 0.3 is 12.1 Å². The van der Waals surface area contributed by atoms with Crippen molar-refractivity contribution in [2.45, 2.75) is 57.6 Å². The average Bonchev–Trinajstić information content (AvgIpc) is 2.82. The van der Waals surface area contributed by atoms with Crippen molar-refractivity contribution in [2.24, 2.45) is 10.7 Å². The van der Waals surface area contributed by atoms with Crippen molar-refractivity contribution >= 4 is 18.0 Å². The maximum absolute atomic E-state index is 14.1. The second-order valence-electron chi connectivity index (χ2n) is 6.07. The number of imide groups is 1. The first-order chi connectivity index (χ1) is 11.8. The number of halogens is 1. The van der Waals surface area contributed by atoms with Gasteiger partial charge in [-0.05, 0) is 13.3 Å². The van der Waals surface area contributed by atoms with Gasteiger partial charge in [0.05, 0.1) is 12.7 Å². The number of aliphatic hydroxyl groups is 2. The van der Waals surface area contributed by atoms with Crippen LogP contribution in [-0.4, -0.2) is 63.8 Å². The number of carbonyl (C=O) groups excluding carboxylic acids is 2. The number of aliphatic imine (C=N–C) groups is 1. The van der Waals surface area contributed by atoms with E-state index in [1.807, 2.05) is 6.92 Å². The molecular formula is C15H23FN3O6+. The van der Waals surface area contributed by atoms with Gasteiger partial charge in [-0.3, -0.25) is 0 Å². The van der Waals surface area contributed by atoms with E-state index >= 15 is 0 Å². The Kier molecular flexibility index (Phi) is 5.88. The van der Waals surface area contributed by atoms with Crippen molar-refractivity contribution in [3.63, 3.8) is 0 Å². The Hall–Kier alpha value is -1.88. The van der Waals surface area contributed by atoms with Gasteiger partial charge in [0.15, 0.2) is 18.1 Å². The Morgan fingerprint density at radius 2 is 2.12 bits per heavy atom. The quantitative estimate of drug-likeness (QED) is 0.490. The van der Waals surface area contributed by atoms with Crippen LogP contribution in [0.25, 0.3) is 0 Å². The molecule has 140 valence electrons. The Morgan fingerprint density at radius 3 is 2.68 bits per heavy atom. The number of hydrogen-bond donors (Lipinski definition) is 3. The molecule has 1 saturated heterocycles. The SMILES string of the molecule is CCCCCOC(=O)[N+]1([C@@H]2O[C@H](C)[C@@H](O)[C@H]2O)C=C(F)C(N)=NC1=O. The summed E-state index contributed by atoms with van der Waals surface area (Å²) in [5.74, 6) is -1.80. The summed E-state index contributed by atoms with van der Waals surface area (Å²) in [6, 6.07) is -1.16. The van der Waals surface area contributed by atoms with E-state index in [9.17, 15) is 24.2 Å². The van der Waals surface area contributed by atoms with E-state index < -0.39 is 52.8 Å². The van der Waals surface area contributed by atoms with Crippen LogP contribution in [0.1, 0.15) is 33.1 Å². The van der Waals surface area contributed by atoms with E-state index in [2.05, 4.69) is 4.99 Å². The molecule has 0 aromatic carbocycles. The van der Waals surface area contributed by atoms with Crippen LogP contribution in [0.4, 0.5) is 14.0 Å². The first-order valence-electron chi connectivity index (χ1n) is 8.10. The molecule has 3 amide bonds. The Labute approximate surface area is 144 Å². The number of aliphatic hydroxyl groups excluding tert-OH is 2. The highest BCUT2D eigenvalue weighted by Gasteiger charge is 2.63. The monoisotopic (exact) mass is 360 g/mol. The van der Waals surface area contributed by atoms with Gasteiger partial charge in [-0.15, -0.1) is 4.99 Å². The fourth-order valence-electron chi connectivity index (χ4n) is 2.74. The molecule has 0 aliphatic carbocycles. The lowest BCUT2D eigenvalue weighted by Crippen LogP contribution is -2.63. The maximum Gasteiger partial charge on any atom is 0.532 e. The number of amides is 3. The fourth-order valence-corrected chi connectivity index (χ4v) is 2.74. The van der Waals surface area contributed by atoms with Crippen molar-refractivity contribution in [3.8, 4) is 0 Å². The third-order valence-electron chi connectivity index (χ3n) is 4.25. The largest absolute Gasteiger partial charge is 0.532 e. The normalized spacial score (nSPS) is 35.3. The molecule has 2 heterocycles. The third kappa shape index (κ3) is 3.43. The summed E-state index contributed by atoms with van der Waals surface area (Å²) in [6.07, 6.45) is -3.77. The molecular weight excluding hydrogens is 337 g/mol. The van der Waals surface area contributed by atoms with E-state index in [1.54, 1.807) is 0 Å². The van der Waals surface area contributed by atoms with E-state index in [-0.39, 0.29) is 6.61 Å². The van der Waals surface area contributed by atoms with E-state index in [1.165, 1.54) is 6.92 Å². The summed E-state index contributed by atoms with van der Waals surface area (Å²) in [7, 11) is 0. The van der Waals surface area contributed by atoms with Crippen molar-refractivity contribution < 1.29 is 38.1 Å². The summed E-state index contributed by atoms with van der Waals surface area (Å²) in [6.45, 7) is 3.42. The van der Waals surface area contributed by atoms with E-state index in [0.29, 0.717) is 12.6 Å². The van der Waals surface area contributed by atoms with E-state index in [4.69, 9.17) is 15.2 Å². The Balaban J connectivity index is 2.36. The van der Waals surface area contributed by atoms with Gasteiger partial charge in [0, 0.05) is 0 Å². The number of unbranched alkanes of at least 4 members (excludes halogenated alkanes) is 2. The average molecular weight is 360 g/mol. The van der Waals surface area contributed by atoms with Crippen LogP contribution < -0.4 is 5.73 Å². The second kappa shape index (κ2) is 7.56. The van der Waals surface area contributed by atoms with Crippen molar-refractivity contribution in [1.29, 1.82) is 0 Å². The lowest BCUT2D eigenvalue weighted by molar-refractivity contribution is -0.786. The summed E-state index contributed by atoms with van der Waals surface area (Å²) < 4.78 is 23.0. The van der Waals surface area contributed by atoms with Crippen molar-refractivity contribution in [2.75, 3.05) is 6.61 Å². The third-order valence-corrected chi connectivity index (χ3v) is 4.25. The van der Waals surface area contributed by atoms with Gasteiger partial charge in [0.2, 0.25) is 12.1 Å². The van der Waals surface area contributed by atoms with Crippen LogP contribution in [0.3, 0.4) is 0 Å². The minimum atomic E-state index is -1.62. The van der Waals surface area contributed by atoms with Crippen molar-refractivity contribution in [3.05, 3.63) is 12.0 Å². The highest BCUT2D eigenvalue weighted by Crippen LogP contribution is 2.34. The molecule has 25 heavy (non-hydrogen) atoms. The number of nitrogens with two attached hydrogens (primary N) is 1. The molecule has 1 unspecified atom stereocenters. The first-order valence-corrected chi connectivity index (χ1v) is 8.10. The zero-order valence-electron chi connectivity index (χ0n) is 14.1. The maximum atomic E-state index is 14.1. The van der Waals surface area contributed by atoms with Gasteiger partial charge in [-0.1, -0.05) is 24.2 Å². The van der Waals surface area contributed by atoms with Crippen LogP contribution in [0.15, 0.2) is 17.0 Å². The molecule has 0 aromatic rings. The lowest BCUT2D eigenvalue weighted by Gasteiger charge is -2.33. The van der Waals surface area contributed by atoms with Crippen molar-refractivity contribution in [1.82, 2.24) is 0 Å². The van der Waals surface area contributed by atoms with Gasteiger partial charge in [-0.2, -0.15) is 9.18 Å². The smallest absolute Gasteiger partial charge is 0.419 e.